The second kappa shape index (κ2) is 6.58. The summed E-state index contributed by atoms with van der Waals surface area (Å²) < 4.78 is 26.7. The molecule has 2 rings (SSSR count). The van der Waals surface area contributed by atoms with Gasteiger partial charge < -0.3 is 5.11 Å². The van der Waals surface area contributed by atoms with E-state index in [9.17, 15) is 13.2 Å². The van der Waals surface area contributed by atoms with E-state index in [1.54, 1.807) is 0 Å². The standard InChI is InChI=1S/C15H21NO4S/c1-12-6-2-3-7-13(12)11-21(19,20)16-9-5-4-8-14(16)10-15(17)18/h2-3,6-7,14H,4-5,8-11H2,1H3,(H,17,18). The van der Waals surface area contributed by atoms with E-state index in [-0.39, 0.29) is 12.2 Å². The first-order chi connectivity index (χ1) is 9.90. The first kappa shape index (κ1) is 16.0. The van der Waals surface area contributed by atoms with E-state index in [0.717, 1.165) is 24.0 Å². The molecule has 21 heavy (non-hydrogen) atoms. The van der Waals surface area contributed by atoms with Gasteiger partial charge in [-0.15, -0.1) is 0 Å². The average molecular weight is 311 g/mol. The number of rotatable bonds is 5. The van der Waals surface area contributed by atoms with Gasteiger partial charge in [0, 0.05) is 12.6 Å². The van der Waals surface area contributed by atoms with Crippen LogP contribution in [0.15, 0.2) is 24.3 Å². The molecule has 6 heteroatoms. The Morgan fingerprint density at radius 1 is 1.33 bits per heavy atom. The SMILES string of the molecule is Cc1ccccc1CS(=O)(=O)N1CCCCC1CC(=O)O. The highest BCUT2D eigenvalue weighted by Gasteiger charge is 2.33. The van der Waals surface area contributed by atoms with Crippen molar-refractivity contribution in [2.75, 3.05) is 6.54 Å². The molecule has 1 aromatic rings. The molecular formula is C15H21NO4S. The Bertz CT molecular complexity index is 612. The normalized spacial score (nSPS) is 20.3. The van der Waals surface area contributed by atoms with E-state index in [1.807, 2.05) is 31.2 Å². The Hall–Kier alpha value is -1.40. The molecule has 1 N–H and O–H groups in total. The molecule has 0 amide bonds. The van der Waals surface area contributed by atoms with Gasteiger partial charge in [-0.3, -0.25) is 4.79 Å². The second-order valence-corrected chi connectivity index (χ2v) is 7.46. The fourth-order valence-electron chi connectivity index (χ4n) is 2.80. The van der Waals surface area contributed by atoms with Gasteiger partial charge in [0.05, 0.1) is 12.2 Å². The average Bonchev–Trinajstić information content (AvgIpc) is 2.41. The summed E-state index contributed by atoms with van der Waals surface area (Å²) in [5.41, 5.74) is 1.71. The molecule has 1 saturated heterocycles. The lowest BCUT2D eigenvalue weighted by molar-refractivity contribution is -0.138. The summed E-state index contributed by atoms with van der Waals surface area (Å²) in [7, 11) is -3.48. The maximum atomic E-state index is 12.6. The Morgan fingerprint density at radius 2 is 2.05 bits per heavy atom. The quantitative estimate of drug-likeness (QED) is 0.904. The molecule has 0 bridgehead atoms. The van der Waals surface area contributed by atoms with E-state index < -0.39 is 22.0 Å². The lowest BCUT2D eigenvalue weighted by Crippen LogP contribution is -2.45. The van der Waals surface area contributed by atoms with Crippen LogP contribution in [0, 0.1) is 6.92 Å². The van der Waals surface area contributed by atoms with Gasteiger partial charge in [0.2, 0.25) is 10.0 Å². The minimum absolute atomic E-state index is 0.0597. The van der Waals surface area contributed by atoms with Crippen molar-refractivity contribution >= 4 is 16.0 Å². The summed E-state index contributed by atoms with van der Waals surface area (Å²) >= 11 is 0. The van der Waals surface area contributed by atoms with Crippen molar-refractivity contribution in [3.05, 3.63) is 35.4 Å². The molecule has 116 valence electrons. The lowest BCUT2D eigenvalue weighted by atomic mass is 10.0. The molecule has 0 aliphatic carbocycles. The summed E-state index contributed by atoms with van der Waals surface area (Å²) in [6.07, 6.45) is 2.18. The van der Waals surface area contributed by atoms with Gasteiger partial charge in [0.15, 0.2) is 0 Å². The van der Waals surface area contributed by atoms with Crippen LogP contribution in [0.2, 0.25) is 0 Å². The highest BCUT2D eigenvalue weighted by molar-refractivity contribution is 7.88. The summed E-state index contributed by atoms with van der Waals surface area (Å²) in [6, 6.07) is 6.98. The predicted molar refractivity (Wildman–Crippen MR) is 80.4 cm³/mol. The van der Waals surface area contributed by atoms with Crippen molar-refractivity contribution in [3.63, 3.8) is 0 Å². The van der Waals surface area contributed by atoms with Crippen LogP contribution in [0.4, 0.5) is 0 Å². The van der Waals surface area contributed by atoms with Crippen molar-refractivity contribution in [1.29, 1.82) is 0 Å². The van der Waals surface area contributed by atoms with Crippen molar-refractivity contribution in [1.82, 2.24) is 4.31 Å². The van der Waals surface area contributed by atoms with Crippen LogP contribution in [-0.2, 0) is 20.6 Å². The minimum Gasteiger partial charge on any atom is -0.481 e. The fraction of sp³-hybridized carbons (Fsp3) is 0.533. The third-order valence-corrected chi connectivity index (χ3v) is 5.81. The van der Waals surface area contributed by atoms with Crippen molar-refractivity contribution < 1.29 is 18.3 Å². The number of aryl methyl sites for hydroxylation is 1. The Kier molecular flexibility index (Phi) is 5.00. The van der Waals surface area contributed by atoms with Gasteiger partial charge in [-0.1, -0.05) is 30.7 Å². The molecular weight excluding hydrogens is 290 g/mol. The lowest BCUT2D eigenvalue weighted by Gasteiger charge is -2.34. The van der Waals surface area contributed by atoms with E-state index in [0.29, 0.717) is 13.0 Å². The Morgan fingerprint density at radius 3 is 2.71 bits per heavy atom. The Labute approximate surface area is 125 Å². The fourth-order valence-corrected chi connectivity index (χ4v) is 4.72. The van der Waals surface area contributed by atoms with Crippen LogP contribution < -0.4 is 0 Å². The number of hydrogen-bond acceptors (Lipinski definition) is 3. The summed E-state index contributed by atoms with van der Waals surface area (Å²) in [5, 5.41) is 8.96. The summed E-state index contributed by atoms with van der Waals surface area (Å²) in [6.45, 7) is 2.31. The molecule has 1 heterocycles. The summed E-state index contributed by atoms with van der Waals surface area (Å²) in [5.74, 6) is -1.01. The number of piperidine rings is 1. The maximum Gasteiger partial charge on any atom is 0.304 e. The molecule has 0 radical (unpaired) electrons. The third kappa shape index (κ3) is 4.04. The largest absolute Gasteiger partial charge is 0.481 e. The number of nitrogens with zero attached hydrogens (tertiary/aromatic N) is 1. The molecule has 1 unspecified atom stereocenters. The highest BCUT2D eigenvalue weighted by Crippen LogP contribution is 2.25. The van der Waals surface area contributed by atoms with Gasteiger partial charge >= 0.3 is 5.97 Å². The number of aliphatic carboxylic acids is 1. The molecule has 1 atom stereocenters. The zero-order valence-corrected chi connectivity index (χ0v) is 13.0. The van der Waals surface area contributed by atoms with Gasteiger partial charge in [-0.25, -0.2) is 8.42 Å². The summed E-state index contributed by atoms with van der Waals surface area (Å²) in [4.78, 5) is 10.9. The van der Waals surface area contributed by atoms with E-state index in [1.165, 1.54) is 4.31 Å². The smallest absolute Gasteiger partial charge is 0.304 e. The second-order valence-electron chi connectivity index (χ2n) is 5.54. The molecule has 1 aliphatic heterocycles. The van der Waals surface area contributed by atoms with Gasteiger partial charge in [0.25, 0.3) is 0 Å². The molecule has 5 nitrogen and oxygen atoms in total. The van der Waals surface area contributed by atoms with Gasteiger partial charge in [0.1, 0.15) is 0 Å². The monoisotopic (exact) mass is 311 g/mol. The Balaban J connectivity index is 2.20. The van der Waals surface area contributed by atoms with Crippen molar-refractivity contribution in [3.8, 4) is 0 Å². The van der Waals surface area contributed by atoms with Gasteiger partial charge in [-0.05, 0) is 30.9 Å². The number of sulfonamides is 1. The zero-order valence-electron chi connectivity index (χ0n) is 12.2. The van der Waals surface area contributed by atoms with Gasteiger partial charge in [-0.2, -0.15) is 4.31 Å². The topological polar surface area (TPSA) is 74.7 Å². The van der Waals surface area contributed by atoms with E-state index in [2.05, 4.69) is 0 Å². The molecule has 0 aromatic heterocycles. The minimum atomic E-state index is -3.48. The maximum absolute atomic E-state index is 12.6. The number of carboxylic acid groups (broad SMARTS) is 1. The first-order valence-corrected chi connectivity index (χ1v) is 8.77. The van der Waals surface area contributed by atoms with Crippen LogP contribution in [0.3, 0.4) is 0 Å². The zero-order chi connectivity index (χ0) is 15.5. The van der Waals surface area contributed by atoms with E-state index >= 15 is 0 Å². The molecule has 1 aromatic carbocycles. The van der Waals surface area contributed by atoms with Crippen LogP contribution in [0.1, 0.15) is 36.8 Å². The number of carboxylic acids is 1. The molecule has 0 saturated carbocycles. The molecule has 1 fully saturated rings. The molecule has 0 spiro atoms. The molecule has 1 aliphatic rings. The first-order valence-electron chi connectivity index (χ1n) is 7.16. The van der Waals surface area contributed by atoms with E-state index in [4.69, 9.17) is 5.11 Å². The van der Waals surface area contributed by atoms with Crippen molar-refractivity contribution in [2.45, 2.75) is 44.4 Å². The highest BCUT2D eigenvalue weighted by atomic mass is 32.2. The van der Waals surface area contributed by atoms with Crippen LogP contribution in [0.5, 0.6) is 0 Å². The number of benzene rings is 1. The van der Waals surface area contributed by atoms with Crippen LogP contribution >= 0.6 is 0 Å². The van der Waals surface area contributed by atoms with Crippen molar-refractivity contribution in [2.24, 2.45) is 0 Å². The van der Waals surface area contributed by atoms with Crippen LogP contribution in [0.25, 0.3) is 0 Å². The number of carbonyl (C=O) groups is 1. The number of hydrogen-bond donors (Lipinski definition) is 1. The predicted octanol–water partition coefficient (Wildman–Crippen LogP) is 2.15. The third-order valence-electron chi connectivity index (χ3n) is 3.94. The van der Waals surface area contributed by atoms with Crippen LogP contribution in [-0.4, -0.2) is 36.4 Å².